The van der Waals surface area contributed by atoms with Gasteiger partial charge in [-0.1, -0.05) is 0 Å². The number of hydrogen-bond acceptors (Lipinski definition) is 3. The molecule has 116 valence electrons. The van der Waals surface area contributed by atoms with E-state index in [1.165, 1.54) is 18.4 Å². The van der Waals surface area contributed by atoms with Crippen LogP contribution in [-0.2, 0) is 11.3 Å². The van der Waals surface area contributed by atoms with E-state index in [2.05, 4.69) is 37.2 Å². The largest absolute Gasteiger partial charge is 0.481 e. The molecule has 0 radical (unpaired) electrons. The van der Waals surface area contributed by atoms with Gasteiger partial charge in [0.25, 0.3) is 5.91 Å². The van der Waals surface area contributed by atoms with E-state index in [1.807, 2.05) is 19.1 Å². The Morgan fingerprint density at radius 1 is 1.38 bits per heavy atom. The predicted molar refractivity (Wildman–Crippen MR) is 90.5 cm³/mol. The first-order chi connectivity index (χ1) is 10.0. The lowest BCUT2D eigenvalue weighted by molar-refractivity contribution is -0.131. The third-order valence-electron chi connectivity index (χ3n) is 3.47. The first kappa shape index (κ1) is 16.8. The van der Waals surface area contributed by atoms with Crippen molar-refractivity contribution in [2.24, 2.45) is 0 Å². The summed E-state index contributed by atoms with van der Waals surface area (Å²) in [6.07, 6.45) is 2.55. The van der Waals surface area contributed by atoms with Crippen molar-refractivity contribution >= 4 is 37.8 Å². The van der Waals surface area contributed by atoms with E-state index in [1.54, 1.807) is 11.9 Å². The molecule has 1 N–H and O–H groups in total. The van der Waals surface area contributed by atoms with Crippen molar-refractivity contribution in [1.82, 2.24) is 10.2 Å². The maximum atomic E-state index is 11.8. The quantitative estimate of drug-likeness (QED) is 0.736. The first-order valence-electron chi connectivity index (χ1n) is 7.09. The molecule has 0 atom stereocenters. The highest BCUT2D eigenvalue weighted by molar-refractivity contribution is 9.11. The molecule has 1 aromatic rings. The molecule has 21 heavy (non-hydrogen) atoms. The molecule has 0 heterocycles. The lowest BCUT2D eigenvalue weighted by Crippen LogP contribution is -2.31. The fourth-order valence-electron chi connectivity index (χ4n) is 1.82. The van der Waals surface area contributed by atoms with Crippen LogP contribution in [0.4, 0.5) is 0 Å². The van der Waals surface area contributed by atoms with Crippen molar-refractivity contribution in [2.45, 2.75) is 32.4 Å². The van der Waals surface area contributed by atoms with Crippen molar-refractivity contribution in [3.63, 3.8) is 0 Å². The van der Waals surface area contributed by atoms with Gasteiger partial charge < -0.3 is 15.0 Å². The third-order valence-corrected chi connectivity index (χ3v) is 4.65. The monoisotopic (exact) mass is 418 g/mol. The topological polar surface area (TPSA) is 41.6 Å². The fourth-order valence-corrected chi connectivity index (χ4v) is 3.33. The van der Waals surface area contributed by atoms with Crippen LogP contribution in [0, 0.1) is 0 Å². The van der Waals surface area contributed by atoms with Gasteiger partial charge in [0.05, 0.1) is 8.95 Å². The summed E-state index contributed by atoms with van der Waals surface area (Å²) in [4.78, 5) is 13.4. The maximum Gasteiger partial charge on any atom is 0.260 e. The zero-order chi connectivity index (χ0) is 15.4. The minimum Gasteiger partial charge on any atom is -0.481 e. The van der Waals surface area contributed by atoms with Gasteiger partial charge in [-0.05, 0) is 69.3 Å². The Bertz CT molecular complexity index is 495. The molecular weight excluding hydrogens is 400 g/mol. The standard InChI is InChI=1S/C15H20Br2N2O2/c1-3-19(2)14(20)9-21-15-12(16)6-10(7-13(15)17)8-18-11-4-5-11/h6-7,11,18H,3-5,8-9H2,1-2H3. The molecule has 1 saturated carbocycles. The van der Waals surface area contributed by atoms with Crippen LogP contribution in [0.2, 0.25) is 0 Å². The van der Waals surface area contributed by atoms with Crippen LogP contribution in [0.25, 0.3) is 0 Å². The van der Waals surface area contributed by atoms with Gasteiger partial charge in [-0.25, -0.2) is 0 Å². The number of carbonyl (C=O) groups is 1. The summed E-state index contributed by atoms with van der Waals surface area (Å²) in [5.41, 5.74) is 1.19. The Labute approximate surface area is 142 Å². The van der Waals surface area contributed by atoms with Crippen LogP contribution in [-0.4, -0.2) is 37.0 Å². The Balaban J connectivity index is 1.97. The number of benzene rings is 1. The second-order valence-electron chi connectivity index (χ2n) is 5.24. The summed E-state index contributed by atoms with van der Waals surface area (Å²) in [5.74, 6) is 0.638. The molecule has 0 aliphatic heterocycles. The van der Waals surface area contributed by atoms with Crippen LogP contribution in [0.5, 0.6) is 5.75 Å². The smallest absolute Gasteiger partial charge is 0.260 e. The van der Waals surface area contributed by atoms with Gasteiger partial charge in [0.2, 0.25) is 0 Å². The number of ether oxygens (including phenoxy) is 1. The number of carbonyl (C=O) groups excluding carboxylic acids is 1. The van der Waals surface area contributed by atoms with Crippen LogP contribution >= 0.6 is 31.9 Å². The molecule has 6 heteroatoms. The van der Waals surface area contributed by atoms with Gasteiger partial charge in [0, 0.05) is 26.2 Å². The maximum absolute atomic E-state index is 11.8. The van der Waals surface area contributed by atoms with E-state index in [9.17, 15) is 4.79 Å². The Hall–Kier alpha value is -0.590. The van der Waals surface area contributed by atoms with Gasteiger partial charge >= 0.3 is 0 Å². The van der Waals surface area contributed by atoms with E-state index < -0.39 is 0 Å². The lowest BCUT2D eigenvalue weighted by atomic mass is 10.2. The van der Waals surface area contributed by atoms with Crippen LogP contribution < -0.4 is 10.1 Å². The van der Waals surface area contributed by atoms with Gasteiger partial charge in [0.15, 0.2) is 6.61 Å². The minimum atomic E-state index is -0.0317. The molecule has 1 aliphatic carbocycles. The lowest BCUT2D eigenvalue weighted by Gasteiger charge is -2.16. The highest BCUT2D eigenvalue weighted by Crippen LogP contribution is 2.35. The van der Waals surface area contributed by atoms with Crippen LogP contribution in [0.1, 0.15) is 25.3 Å². The molecule has 0 saturated heterocycles. The summed E-state index contributed by atoms with van der Waals surface area (Å²) in [6.45, 7) is 3.50. The molecule has 2 rings (SSSR count). The predicted octanol–water partition coefficient (Wildman–Crippen LogP) is 3.32. The molecule has 1 fully saturated rings. The molecule has 0 aromatic heterocycles. The first-order valence-corrected chi connectivity index (χ1v) is 8.68. The Morgan fingerprint density at radius 3 is 2.52 bits per heavy atom. The Morgan fingerprint density at radius 2 is 2.00 bits per heavy atom. The zero-order valence-electron chi connectivity index (χ0n) is 12.3. The molecule has 0 spiro atoms. The number of amides is 1. The van der Waals surface area contributed by atoms with E-state index >= 15 is 0 Å². The van der Waals surface area contributed by atoms with Crippen LogP contribution in [0.15, 0.2) is 21.1 Å². The second kappa shape index (κ2) is 7.61. The number of nitrogens with zero attached hydrogens (tertiary/aromatic N) is 1. The number of rotatable bonds is 7. The van der Waals surface area contributed by atoms with Crippen molar-refractivity contribution in [2.75, 3.05) is 20.2 Å². The summed E-state index contributed by atoms with van der Waals surface area (Å²) in [6, 6.07) is 4.74. The highest BCUT2D eigenvalue weighted by Gasteiger charge is 2.20. The summed E-state index contributed by atoms with van der Waals surface area (Å²) in [7, 11) is 1.77. The average Bonchev–Trinajstić information content (AvgIpc) is 3.27. The molecule has 1 amide bonds. The molecule has 0 unspecified atom stereocenters. The van der Waals surface area contributed by atoms with Gasteiger partial charge in [-0.3, -0.25) is 4.79 Å². The average molecular weight is 420 g/mol. The number of halogens is 2. The van der Waals surface area contributed by atoms with Crippen LogP contribution in [0.3, 0.4) is 0 Å². The summed E-state index contributed by atoms with van der Waals surface area (Å²) < 4.78 is 7.36. The van der Waals surface area contributed by atoms with Crippen molar-refractivity contribution in [1.29, 1.82) is 0 Å². The zero-order valence-corrected chi connectivity index (χ0v) is 15.5. The second-order valence-corrected chi connectivity index (χ2v) is 6.95. The normalized spacial score (nSPS) is 14.1. The van der Waals surface area contributed by atoms with Gasteiger partial charge in [-0.2, -0.15) is 0 Å². The van der Waals surface area contributed by atoms with Crippen molar-refractivity contribution in [3.05, 3.63) is 26.6 Å². The fraction of sp³-hybridized carbons (Fsp3) is 0.533. The molecule has 0 bridgehead atoms. The molecular formula is C15H20Br2N2O2. The van der Waals surface area contributed by atoms with E-state index in [0.29, 0.717) is 18.3 Å². The number of nitrogens with one attached hydrogen (secondary N) is 1. The summed E-state index contributed by atoms with van der Waals surface area (Å²) >= 11 is 7.03. The minimum absolute atomic E-state index is 0.0317. The van der Waals surface area contributed by atoms with Crippen molar-refractivity contribution < 1.29 is 9.53 Å². The van der Waals surface area contributed by atoms with Gasteiger partial charge in [-0.15, -0.1) is 0 Å². The third kappa shape index (κ3) is 4.97. The number of likely N-dealkylation sites (N-methyl/N-ethyl adjacent to an activating group) is 1. The molecule has 1 aromatic carbocycles. The highest BCUT2D eigenvalue weighted by atomic mass is 79.9. The van der Waals surface area contributed by atoms with E-state index in [4.69, 9.17) is 4.74 Å². The van der Waals surface area contributed by atoms with E-state index in [0.717, 1.165) is 15.5 Å². The molecule has 1 aliphatic rings. The summed E-state index contributed by atoms with van der Waals surface area (Å²) in [5, 5.41) is 3.48. The number of hydrogen-bond donors (Lipinski definition) is 1. The SMILES string of the molecule is CCN(C)C(=O)COc1c(Br)cc(CNC2CC2)cc1Br. The van der Waals surface area contributed by atoms with E-state index in [-0.39, 0.29) is 12.5 Å². The molecule has 4 nitrogen and oxygen atoms in total. The van der Waals surface area contributed by atoms with Gasteiger partial charge in [0.1, 0.15) is 5.75 Å². The van der Waals surface area contributed by atoms with Crippen molar-refractivity contribution in [3.8, 4) is 5.75 Å². The Kier molecular flexibility index (Phi) is 6.08.